The van der Waals surface area contributed by atoms with Crippen molar-refractivity contribution in [3.8, 4) is 0 Å². The third kappa shape index (κ3) is 3.68. The van der Waals surface area contributed by atoms with E-state index in [2.05, 4.69) is 19.2 Å². The zero-order valence-electron chi connectivity index (χ0n) is 12.0. The molecule has 18 heavy (non-hydrogen) atoms. The van der Waals surface area contributed by atoms with Gasteiger partial charge in [0.2, 0.25) is 0 Å². The van der Waals surface area contributed by atoms with Crippen LogP contribution >= 0.6 is 0 Å². The van der Waals surface area contributed by atoms with Crippen LogP contribution < -0.4 is 5.32 Å². The molecule has 0 saturated heterocycles. The topological polar surface area (TPSA) is 55.4 Å². The molecule has 0 aromatic carbocycles. The van der Waals surface area contributed by atoms with Crippen LogP contribution in [0.15, 0.2) is 0 Å². The molecule has 0 heterocycles. The quantitative estimate of drug-likeness (QED) is 0.801. The van der Waals surface area contributed by atoms with E-state index in [1.165, 1.54) is 0 Å². The van der Waals surface area contributed by atoms with Crippen LogP contribution in [-0.4, -0.2) is 45.7 Å². The monoisotopic (exact) mass is 277 g/mol. The van der Waals surface area contributed by atoms with Gasteiger partial charge in [0, 0.05) is 13.2 Å². The second-order valence-electron chi connectivity index (χ2n) is 5.81. The minimum absolute atomic E-state index is 0.0407. The smallest absolute Gasteiger partial charge is 0.156 e. The van der Waals surface area contributed by atoms with Crippen molar-refractivity contribution in [1.82, 2.24) is 5.32 Å². The number of ether oxygens (including phenoxy) is 1. The molecule has 0 aromatic heterocycles. The summed E-state index contributed by atoms with van der Waals surface area (Å²) in [5.74, 6) is 0.131. The van der Waals surface area contributed by atoms with Gasteiger partial charge in [-0.2, -0.15) is 0 Å². The van der Waals surface area contributed by atoms with E-state index in [1.807, 2.05) is 6.92 Å². The summed E-state index contributed by atoms with van der Waals surface area (Å²) in [7, 11) is -1.53. The molecule has 0 amide bonds. The van der Waals surface area contributed by atoms with Crippen LogP contribution in [-0.2, 0) is 14.6 Å². The second kappa shape index (κ2) is 6.35. The van der Waals surface area contributed by atoms with Gasteiger partial charge in [0.05, 0.1) is 17.6 Å². The number of methoxy groups -OCH3 is 1. The first kappa shape index (κ1) is 15.9. The highest BCUT2D eigenvalue weighted by Gasteiger charge is 2.44. The first-order chi connectivity index (χ1) is 8.35. The Morgan fingerprint density at radius 1 is 1.39 bits per heavy atom. The molecule has 0 spiro atoms. The van der Waals surface area contributed by atoms with Crippen LogP contribution in [0.5, 0.6) is 0 Å². The van der Waals surface area contributed by atoms with Crippen molar-refractivity contribution < 1.29 is 13.2 Å². The van der Waals surface area contributed by atoms with Crippen LogP contribution in [0.25, 0.3) is 0 Å². The molecule has 1 aliphatic carbocycles. The Bertz CT molecular complexity index is 351. The molecule has 108 valence electrons. The third-order valence-corrected chi connectivity index (χ3v) is 6.15. The van der Waals surface area contributed by atoms with Gasteiger partial charge in [0.1, 0.15) is 0 Å². The van der Waals surface area contributed by atoms with Crippen molar-refractivity contribution >= 4 is 9.84 Å². The predicted octanol–water partition coefficient (Wildman–Crippen LogP) is 1.60. The van der Waals surface area contributed by atoms with E-state index >= 15 is 0 Å². The number of sulfone groups is 1. The maximum absolute atomic E-state index is 12.4. The summed E-state index contributed by atoms with van der Waals surface area (Å²) in [6.07, 6.45) is 2.85. The van der Waals surface area contributed by atoms with Crippen LogP contribution in [0.4, 0.5) is 0 Å². The third-order valence-electron chi connectivity index (χ3n) is 3.98. The molecule has 0 bridgehead atoms. The highest BCUT2D eigenvalue weighted by Crippen LogP contribution is 2.38. The van der Waals surface area contributed by atoms with Gasteiger partial charge in [-0.25, -0.2) is 8.42 Å². The summed E-state index contributed by atoms with van der Waals surface area (Å²) in [5, 5.41) is 3.12. The Kier molecular flexibility index (Phi) is 5.62. The van der Waals surface area contributed by atoms with E-state index < -0.39 is 9.84 Å². The Morgan fingerprint density at radius 2 is 2.06 bits per heavy atom. The van der Waals surface area contributed by atoms with Crippen LogP contribution in [0.1, 0.15) is 40.0 Å². The highest BCUT2D eigenvalue weighted by molar-refractivity contribution is 7.92. The number of hydrogen-bond donors (Lipinski definition) is 1. The fourth-order valence-electron chi connectivity index (χ4n) is 2.95. The molecule has 1 fully saturated rings. The number of rotatable bonds is 6. The van der Waals surface area contributed by atoms with E-state index in [9.17, 15) is 8.42 Å². The number of hydrogen-bond acceptors (Lipinski definition) is 4. The molecule has 2 atom stereocenters. The van der Waals surface area contributed by atoms with Crippen molar-refractivity contribution in [2.24, 2.45) is 5.41 Å². The second-order valence-corrected chi connectivity index (χ2v) is 8.15. The fourth-order valence-corrected chi connectivity index (χ4v) is 5.06. The lowest BCUT2D eigenvalue weighted by Crippen LogP contribution is -2.55. The Hall–Kier alpha value is -0.130. The maximum atomic E-state index is 12.4. The van der Waals surface area contributed by atoms with Gasteiger partial charge in [-0.3, -0.25) is 0 Å². The van der Waals surface area contributed by atoms with Gasteiger partial charge in [-0.15, -0.1) is 0 Å². The predicted molar refractivity (Wildman–Crippen MR) is 74.5 cm³/mol. The molecule has 1 N–H and O–H groups in total. The van der Waals surface area contributed by atoms with Crippen molar-refractivity contribution in [3.05, 3.63) is 0 Å². The van der Waals surface area contributed by atoms with E-state index in [0.717, 1.165) is 25.8 Å². The zero-order chi connectivity index (χ0) is 13.8. The average molecular weight is 277 g/mol. The number of nitrogens with one attached hydrogen (secondary N) is 1. The molecular weight excluding hydrogens is 250 g/mol. The van der Waals surface area contributed by atoms with Crippen molar-refractivity contribution in [2.45, 2.75) is 51.3 Å². The lowest BCUT2D eigenvalue weighted by atomic mass is 9.73. The van der Waals surface area contributed by atoms with Gasteiger partial charge in [0.15, 0.2) is 9.84 Å². The first-order valence-electron chi connectivity index (χ1n) is 6.79. The van der Waals surface area contributed by atoms with E-state index in [0.29, 0.717) is 0 Å². The Labute approximate surface area is 111 Å². The maximum Gasteiger partial charge on any atom is 0.156 e. The lowest BCUT2D eigenvalue weighted by molar-refractivity contribution is 0.171. The van der Waals surface area contributed by atoms with Crippen LogP contribution in [0.3, 0.4) is 0 Å². The summed E-state index contributed by atoms with van der Waals surface area (Å²) < 4.78 is 29.7. The normalized spacial score (nSPS) is 28.2. The fraction of sp³-hybridized carbons (Fsp3) is 1.00. The Balaban J connectivity index is 2.89. The van der Waals surface area contributed by atoms with E-state index in [-0.39, 0.29) is 29.1 Å². The molecule has 1 aliphatic rings. The molecule has 0 aromatic rings. The van der Waals surface area contributed by atoms with Gasteiger partial charge in [0.25, 0.3) is 0 Å². The van der Waals surface area contributed by atoms with Gasteiger partial charge in [-0.1, -0.05) is 27.2 Å². The van der Waals surface area contributed by atoms with Crippen molar-refractivity contribution in [1.29, 1.82) is 0 Å². The van der Waals surface area contributed by atoms with Crippen molar-refractivity contribution in [2.75, 3.05) is 26.0 Å². The lowest BCUT2D eigenvalue weighted by Gasteiger charge is -2.44. The molecule has 0 aliphatic heterocycles. The van der Waals surface area contributed by atoms with Gasteiger partial charge in [-0.05, 0) is 24.8 Å². The highest BCUT2D eigenvalue weighted by atomic mass is 32.2. The molecule has 5 heteroatoms. The summed E-state index contributed by atoms with van der Waals surface area (Å²) in [4.78, 5) is 0. The Morgan fingerprint density at radius 3 is 2.61 bits per heavy atom. The minimum atomic E-state index is -3.08. The summed E-state index contributed by atoms with van der Waals surface area (Å²) in [6.45, 7) is 7.46. The van der Waals surface area contributed by atoms with Crippen LogP contribution in [0, 0.1) is 5.41 Å². The molecule has 0 radical (unpaired) electrons. The summed E-state index contributed by atoms with van der Waals surface area (Å²) in [5.41, 5.74) is 0.0407. The molecule has 4 nitrogen and oxygen atoms in total. The largest absolute Gasteiger partial charge is 0.384 e. The zero-order valence-corrected chi connectivity index (χ0v) is 12.8. The molecular formula is C13H27NO3S. The SMILES string of the molecule is CCNC1C(S(=O)(=O)CCOC)CCCC1(C)C. The minimum Gasteiger partial charge on any atom is -0.384 e. The summed E-state index contributed by atoms with van der Waals surface area (Å²) in [6, 6.07) is 0.0538. The molecule has 1 saturated carbocycles. The average Bonchev–Trinajstić information content (AvgIpc) is 2.29. The van der Waals surface area contributed by atoms with Crippen molar-refractivity contribution in [3.63, 3.8) is 0 Å². The van der Waals surface area contributed by atoms with E-state index in [4.69, 9.17) is 4.74 Å². The van der Waals surface area contributed by atoms with Gasteiger partial charge < -0.3 is 10.1 Å². The van der Waals surface area contributed by atoms with Gasteiger partial charge >= 0.3 is 0 Å². The molecule has 2 unspecified atom stereocenters. The standard InChI is InChI=1S/C13H27NO3S/c1-5-14-12-11(7-6-8-13(12,2)3)18(15,16)10-9-17-4/h11-12,14H,5-10H2,1-4H3. The van der Waals surface area contributed by atoms with E-state index in [1.54, 1.807) is 7.11 Å². The molecule has 1 rings (SSSR count). The summed E-state index contributed by atoms with van der Waals surface area (Å²) >= 11 is 0. The van der Waals surface area contributed by atoms with Crippen LogP contribution in [0.2, 0.25) is 0 Å². The first-order valence-corrected chi connectivity index (χ1v) is 8.50.